The molecule has 0 radical (unpaired) electrons. The van der Waals surface area contributed by atoms with E-state index in [1.54, 1.807) is 26.4 Å². The van der Waals surface area contributed by atoms with E-state index in [0.717, 1.165) is 24.0 Å². The zero-order chi connectivity index (χ0) is 20.1. The van der Waals surface area contributed by atoms with Crippen molar-refractivity contribution in [2.75, 3.05) is 20.8 Å². The van der Waals surface area contributed by atoms with Crippen LogP contribution in [0.15, 0.2) is 42.5 Å². The normalized spacial score (nSPS) is 16.3. The molecule has 0 aromatic heterocycles. The van der Waals surface area contributed by atoms with E-state index in [1.807, 2.05) is 23.1 Å². The SMILES string of the molecule is COc1ccc(C2CCCN2C(=O)Cc2ccc(OC(F)F)cc2)c(OC)c1. The van der Waals surface area contributed by atoms with Crippen molar-refractivity contribution >= 4 is 5.91 Å². The Bertz CT molecular complexity index is 811. The lowest BCUT2D eigenvalue weighted by atomic mass is 10.0. The number of hydrogen-bond donors (Lipinski definition) is 0. The number of carbonyl (C=O) groups is 1. The van der Waals surface area contributed by atoms with Crippen LogP contribution in [0.4, 0.5) is 8.78 Å². The highest BCUT2D eigenvalue weighted by Crippen LogP contribution is 2.39. The fourth-order valence-corrected chi connectivity index (χ4v) is 3.55. The van der Waals surface area contributed by atoms with Gasteiger partial charge in [0.05, 0.1) is 26.7 Å². The molecule has 1 aliphatic heterocycles. The Balaban J connectivity index is 1.73. The summed E-state index contributed by atoms with van der Waals surface area (Å²) >= 11 is 0. The maximum atomic E-state index is 12.9. The van der Waals surface area contributed by atoms with Gasteiger partial charge < -0.3 is 19.1 Å². The lowest BCUT2D eigenvalue weighted by Crippen LogP contribution is -2.32. The van der Waals surface area contributed by atoms with Crippen molar-refractivity contribution in [2.45, 2.75) is 31.9 Å². The van der Waals surface area contributed by atoms with E-state index in [9.17, 15) is 13.6 Å². The van der Waals surface area contributed by atoms with Gasteiger partial charge in [-0.1, -0.05) is 12.1 Å². The van der Waals surface area contributed by atoms with Gasteiger partial charge in [0.2, 0.25) is 5.91 Å². The van der Waals surface area contributed by atoms with Crippen molar-refractivity contribution in [3.63, 3.8) is 0 Å². The number of carbonyl (C=O) groups excluding carboxylic acids is 1. The number of ether oxygens (including phenoxy) is 3. The number of rotatable bonds is 7. The van der Waals surface area contributed by atoms with Crippen LogP contribution in [-0.4, -0.2) is 38.2 Å². The second-order valence-electron chi connectivity index (χ2n) is 6.55. The van der Waals surface area contributed by atoms with E-state index in [4.69, 9.17) is 9.47 Å². The van der Waals surface area contributed by atoms with Crippen LogP contribution in [0.25, 0.3) is 0 Å². The molecule has 0 aliphatic carbocycles. The second kappa shape index (κ2) is 8.91. The van der Waals surface area contributed by atoms with Crippen LogP contribution in [-0.2, 0) is 11.2 Å². The van der Waals surface area contributed by atoms with E-state index in [2.05, 4.69) is 4.74 Å². The fourth-order valence-electron chi connectivity index (χ4n) is 3.55. The summed E-state index contributed by atoms with van der Waals surface area (Å²) in [5.74, 6) is 1.45. The largest absolute Gasteiger partial charge is 0.497 e. The number of benzene rings is 2. The molecule has 0 bridgehead atoms. The van der Waals surface area contributed by atoms with Gasteiger partial charge in [-0.3, -0.25) is 4.79 Å². The van der Waals surface area contributed by atoms with E-state index in [-0.39, 0.29) is 24.1 Å². The molecule has 2 aromatic carbocycles. The molecule has 7 heteroatoms. The number of halogens is 2. The van der Waals surface area contributed by atoms with Crippen LogP contribution in [0.1, 0.15) is 30.0 Å². The van der Waals surface area contributed by atoms with Gasteiger partial charge in [-0.2, -0.15) is 8.78 Å². The Morgan fingerprint density at radius 1 is 1.11 bits per heavy atom. The summed E-state index contributed by atoms with van der Waals surface area (Å²) in [6, 6.07) is 11.7. The number of hydrogen-bond acceptors (Lipinski definition) is 4. The third-order valence-corrected chi connectivity index (χ3v) is 4.88. The molecule has 1 unspecified atom stereocenters. The number of likely N-dealkylation sites (tertiary alicyclic amines) is 1. The first-order valence-electron chi connectivity index (χ1n) is 9.07. The predicted molar refractivity (Wildman–Crippen MR) is 100 cm³/mol. The van der Waals surface area contributed by atoms with Crippen molar-refractivity contribution in [1.29, 1.82) is 0 Å². The minimum Gasteiger partial charge on any atom is -0.497 e. The lowest BCUT2D eigenvalue weighted by molar-refractivity contribution is -0.131. The van der Waals surface area contributed by atoms with Gasteiger partial charge in [0.25, 0.3) is 0 Å². The number of methoxy groups -OCH3 is 2. The van der Waals surface area contributed by atoms with Crippen LogP contribution >= 0.6 is 0 Å². The van der Waals surface area contributed by atoms with Crippen molar-refractivity contribution in [3.8, 4) is 17.2 Å². The summed E-state index contributed by atoms with van der Waals surface area (Å²) in [7, 11) is 3.19. The fraction of sp³-hybridized carbons (Fsp3) is 0.381. The third-order valence-electron chi connectivity index (χ3n) is 4.88. The number of amides is 1. The minimum absolute atomic E-state index is 0.0112. The standard InChI is InChI=1S/C21H23F2NO4/c1-26-16-9-10-17(19(13-16)27-2)18-4-3-11-24(18)20(25)12-14-5-7-15(8-6-14)28-21(22)23/h5-10,13,18,21H,3-4,11-12H2,1-2H3. The molecule has 0 N–H and O–H groups in total. The van der Waals surface area contributed by atoms with Crippen molar-refractivity contribution in [3.05, 3.63) is 53.6 Å². The smallest absolute Gasteiger partial charge is 0.387 e. The quantitative estimate of drug-likeness (QED) is 0.709. The Morgan fingerprint density at radius 2 is 1.82 bits per heavy atom. The van der Waals surface area contributed by atoms with Crippen LogP contribution in [0.2, 0.25) is 0 Å². The van der Waals surface area contributed by atoms with Crippen molar-refractivity contribution in [2.24, 2.45) is 0 Å². The first-order chi connectivity index (χ1) is 13.5. The minimum atomic E-state index is -2.86. The van der Waals surface area contributed by atoms with E-state index in [1.165, 1.54) is 12.1 Å². The molecule has 1 heterocycles. The molecule has 2 aromatic rings. The number of nitrogens with zero attached hydrogens (tertiary/aromatic N) is 1. The molecule has 5 nitrogen and oxygen atoms in total. The van der Waals surface area contributed by atoms with Gasteiger partial charge in [-0.25, -0.2) is 0 Å². The lowest BCUT2D eigenvalue weighted by Gasteiger charge is -2.26. The van der Waals surface area contributed by atoms with Crippen LogP contribution in [0.5, 0.6) is 17.2 Å². The van der Waals surface area contributed by atoms with Crippen LogP contribution < -0.4 is 14.2 Å². The average molecular weight is 391 g/mol. The van der Waals surface area contributed by atoms with Crippen LogP contribution in [0.3, 0.4) is 0 Å². The van der Waals surface area contributed by atoms with Gasteiger partial charge in [0.15, 0.2) is 0 Å². The topological polar surface area (TPSA) is 48.0 Å². The average Bonchev–Trinajstić information content (AvgIpc) is 3.18. The maximum Gasteiger partial charge on any atom is 0.387 e. The van der Waals surface area contributed by atoms with E-state index >= 15 is 0 Å². The molecule has 1 aliphatic rings. The zero-order valence-corrected chi connectivity index (χ0v) is 15.9. The van der Waals surface area contributed by atoms with Gasteiger partial charge in [-0.05, 0) is 42.7 Å². The highest BCUT2D eigenvalue weighted by atomic mass is 19.3. The molecule has 1 saturated heterocycles. The van der Waals surface area contributed by atoms with Gasteiger partial charge in [0.1, 0.15) is 17.2 Å². The number of alkyl halides is 2. The monoisotopic (exact) mass is 391 g/mol. The first kappa shape index (κ1) is 19.9. The Hall–Kier alpha value is -2.83. The van der Waals surface area contributed by atoms with Gasteiger partial charge in [0, 0.05) is 18.2 Å². The summed E-state index contributed by atoms with van der Waals surface area (Å²) in [6.07, 6.45) is 1.96. The molecule has 3 rings (SSSR count). The molecular formula is C21H23F2NO4. The summed E-state index contributed by atoms with van der Waals surface area (Å²) < 4.78 is 39.6. The Morgan fingerprint density at radius 3 is 2.46 bits per heavy atom. The van der Waals surface area contributed by atoms with Gasteiger partial charge in [-0.15, -0.1) is 0 Å². The summed E-state index contributed by atoms with van der Waals surface area (Å²) in [6.45, 7) is -2.19. The zero-order valence-electron chi connectivity index (χ0n) is 15.9. The molecule has 28 heavy (non-hydrogen) atoms. The first-order valence-corrected chi connectivity index (χ1v) is 9.07. The van der Waals surface area contributed by atoms with Crippen molar-refractivity contribution in [1.82, 2.24) is 4.90 Å². The molecule has 150 valence electrons. The molecular weight excluding hydrogens is 368 g/mol. The van der Waals surface area contributed by atoms with E-state index < -0.39 is 6.61 Å². The summed E-state index contributed by atoms with van der Waals surface area (Å²) in [4.78, 5) is 14.7. The predicted octanol–water partition coefficient (Wildman–Crippen LogP) is 4.21. The maximum absolute atomic E-state index is 12.9. The van der Waals surface area contributed by atoms with Gasteiger partial charge >= 0.3 is 6.61 Å². The molecule has 0 spiro atoms. The molecule has 0 saturated carbocycles. The second-order valence-corrected chi connectivity index (χ2v) is 6.55. The Labute approximate surface area is 162 Å². The van der Waals surface area contributed by atoms with E-state index in [0.29, 0.717) is 18.0 Å². The van der Waals surface area contributed by atoms with Crippen molar-refractivity contribution < 1.29 is 27.8 Å². The third kappa shape index (κ3) is 4.52. The molecule has 1 atom stereocenters. The summed E-state index contributed by atoms with van der Waals surface area (Å²) in [5.41, 5.74) is 1.70. The summed E-state index contributed by atoms with van der Waals surface area (Å²) in [5, 5.41) is 0. The Kier molecular flexibility index (Phi) is 6.34. The molecule has 1 amide bonds. The van der Waals surface area contributed by atoms with Crippen LogP contribution in [0, 0.1) is 0 Å². The highest BCUT2D eigenvalue weighted by molar-refractivity contribution is 5.79. The molecule has 1 fully saturated rings. The highest BCUT2D eigenvalue weighted by Gasteiger charge is 2.31.